The minimum atomic E-state index is -0.0362. The lowest BCUT2D eigenvalue weighted by Crippen LogP contribution is -2.30. The molecule has 0 spiro atoms. The topological polar surface area (TPSA) is 38.3 Å². The van der Waals surface area contributed by atoms with Gasteiger partial charge in [-0.3, -0.25) is 4.79 Å². The maximum absolute atomic E-state index is 11.8. The summed E-state index contributed by atoms with van der Waals surface area (Å²) in [5.41, 5.74) is 1.35. The van der Waals surface area contributed by atoms with Crippen molar-refractivity contribution >= 4 is 17.2 Å². The van der Waals surface area contributed by atoms with Crippen molar-refractivity contribution in [2.24, 2.45) is 5.92 Å². The van der Waals surface area contributed by atoms with Crippen LogP contribution >= 0.6 is 11.3 Å². The second kappa shape index (κ2) is 5.65. The van der Waals surface area contributed by atoms with Crippen LogP contribution in [0.1, 0.15) is 36.8 Å². The summed E-state index contributed by atoms with van der Waals surface area (Å²) in [6, 6.07) is 2.14. The molecule has 1 aliphatic rings. The number of ether oxygens (including phenoxy) is 1. The van der Waals surface area contributed by atoms with Crippen molar-refractivity contribution in [2.75, 3.05) is 13.2 Å². The zero-order chi connectivity index (χ0) is 12.3. The third kappa shape index (κ3) is 3.30. The van der Waals surface area contributed by atoms with E-state index in [-0.39, 0.29) is 12.0 Å². The van der Waals surface area contributed by atoms with Crippen LogP contribution in [0.3, 0.4) is 0 Å². The third-order valence-electron chi connectivity index (χ3n) is 2.84. The van der Waals surface area contributed by atoms with E-state index in [4.69, 9.17) is 4.74 Å². The Morgan fingerprint density at radius 3 is 3.24 bits per heavy atom. The molecule has 1 aliphatic heterocycles. The summed E-state index contributed by atoms with van der Waals surface area (Å²) in [5.74, 6) is 0.577. The minimum absolute atomic E-state index is 0.0362. The third-order valence-corrected chi connectivity index (χ3v) is 3.89. The molecule has 1 amide bonds. The molecule has 3 nitrogen and oxygen atoms in total. The van der Waals surface area contributed by atoms with E-state index in [1.807, 2.05) is 0 Å². The highest BCUT2D eigenvalue weighted by atomic mass is 32.1. The number of fused-ring (bicyclic) bond motifs is 1. The van der Waals surface area contributed by atoms with Gasteiger partial charge in [0.1, 0.15) is 6.10 Å². The lowest BCUT2D eigenvalue weighted by molar-refractivity contribution is -0.124. The first-order valence-electron chi connectivity index (χ1n) is 6.11. The van der Waals surface area contributed by atoms with Gasteiger partial charge >= 0.3 is 0 Å². The van der Waals surface area contributed by atoms with E-state index in [1.165, 1.54) is 10.4 Å². The van der Waals surface area contributed by atoms with Gasteiger partial charge in [-0.25, -0.2) is 0 Å². The normalized spacial score (nSPS) is 19.1. The molecule has 0 aromatic carbocycles. The van der Waals surface area contributed by atoms with E-state index < -0.39 is 0 Å². The Hall–Kier alpha value is -0.870. The number of hydrogen-bond donors (Lipinski definition) is 1. The summed E-state index contributed by atoms with van der Waals surface area (Å²) in [6.45, 7) is 5.65. The summed E-state index contributed by atoms with van der Waals surface area (Å²) in [4.78, 5) is 13.0. The molecule has 0 aliphatic carbocycles. The molecule has 1 aromatic heterocycles. The number of amides is 1. The van der Waals surface area contributed by atoms with Crippen molar-refractivity contribution in [3.05, 3.63) is 21.9 Å². The standard InChI is InChI=1S/C13H19NO2S/c1-9(2)8-14-12(15)7-11-13-10(3-5-16-11)4-6-17-13/h4,6,9,11H,3,5,7-8H2,1-2H3,(H,14,15)/t11-/m1/s1. The SMILES string of the molecule is CC(C)CNC(=O)C[C@H]1OCCc2ccsc21. The van der Waals surface area contributed by atoms with Gasteiger partial charge in [0, 0.05) is 11.4 Å². The number of nitrogens with one attached hydrogen (secondary N) is 1. The van der Waals surface area contributed by atoms with Gasteiger partial charge in [0.05, 0.1) is 13.0 Å². The van der Waals surface area contributed by atoms with Crippen LogP contribution < -0.4 is 5.32 Å². The second-order valence-corrected chi connectivity index (χ2v) is 5.77. The van der Waals surface area contributed by atoms with Gasteiger partial charge in [-0.1, -0.05) is 13.8 Å². The number of hydrogen-bond acceptors (Lipinski definition) is 3. The zero-order valence-corrected chi connectivity index (χ0v) is 11.2. The molecule has 2 rings (SSSR count). The molecule has 4 heteroatoms. The molecule has 0 unspecified atom stereocenters. The molecule has 0 saturated carbocycles. The Morgan fingerprint density at radius 2 is 2.47 bits per heavy atom. The first-order chi connectivity index (χ1) is 8.16. The van der Waals surface area contributed by atoms with Crippen LogP contribution in [0.2, 0.25) is 0 Å². The molecular weight excluding hydrogens is 234 g/mol. The maximum Gasteiger partial charge on any atom is 0.223 e. The van der Waals surface area contributed by atoms with Gasteiger partial charge in [-0.2, -0.15) is 0 Å². The molecule has 94 valence electrons. The van der Waals surface area contributed by atoms with Crippen LogP contribution in [0.25, 0.3) is 0 Å². The van der Waals surface area contributed by atoms with Gasteiger partial charge in [0.2, 0.25) is 5.91 Å². The van der Waals surface area contributed by atoms with Gasteiger partial charge in [0.25, 0.3) is 0 Å². The number of carbonyl (C=O) groups is 1. The van der Waals surface area contributed by atoms with Crippen LogP contribution in [-0.2, 0) is 16.0 Å². The Kier molecular flexibility index (Phi) is 4.18. The molecule has 0 saturated heterocycles. The van der Waals surface area contributed by atoms with E-state index in [0.717, 1.165) is 19.6 Å². The highest BCUT2D eigenvalue weighted by molar-refractivity contribution is 7.10. The Labute approximate surface area is 106 Å². The van der Waals surface area contributed by atoms with Crippen LogP contribution in [0.5, 0.6) is 0 Å². The van der Waals surface area contributed by atoms with E-state index in [0.29, 0.717) is 12.3 Å². The van der Waals surface area contributed by atoms with E-state index >= 15 is 0 Å². The molecule has 1 atom stereocenters. The fourth-order valence-corrected chi connectivity index (χ4v) is 2.94. The largest absolute Gasteiger partial charge is 0.372 e. The second-order valence-electron chi connectivity index (χ2n) is 4.82. The quantitative estimate of drug-likeness (QED) is 0.895. The average Bonchev–Trinajstić information content (AvgIpc) is 2.75. The number of carbonyl (C=O) groups excluding carboxylic acids is 1. The monoisotopic (exact) mass is 253 g/mol. The van der Waals surface area contributed by atoms with Crippen molar-refractivity contribution in [3.8, 4) is 0 Å². The van der Waals surface area contributed by atoms with Crippen molar-refractivity contribution in [1.82, 2.24) is 5.32 Å². The van der Waals surface area contributed by atoms with E-state index in [2.05, 4.69) is 30.6 Å². The number of thiophene rings is 1. The van der Waals surface area contributed by atoms with Gasteiger partial charge in [0.15, 0.2) is 0 Å². The Bertz CT molecular complexity index is 387. The molecule has 1 aromatic rings. The van der Waals surface area contributed by atoms with Gasteiger partial charge in [-0.15, -0.1) is 11.3 Å². The lowest BCUT2D eigenvalue weighted by Gasteiger charge is -2.22. The van der Waals surface area contributed by atoms with Crippen molar-refractivity contribution in [1.29, 1.82) is 0 Å². The van der Waals surface area contributed by atoms with Gasteiger partial charge < -0.3 is 10.1 Å². The summed E-state index contributed by atoms with van der Waals surface area (Å²) in [6.07, 6.45) is 1.38. The average molecular weight is 253 g/mol. The smallest absolute Gasteiger partial charge is 0.223 e. The Balaban J connectivity index is 1.90. The molecule has 17 heavy (non-hydrogen) atoms. The molecular formula is C13H19NO2S. The van der Waals surface area contributed by atoms with Gasteiger partial charge in [-0.05, 0) is 29.3 Å². The van der Waals surface area contributed by atoms with Crippen molar-refractivity contribution < 1.29 is 9.53 Å². The molecule has 2 heterocycles. The molecule has 1 N–H and O–H groups in total. The molecule has 0 bridgehead atoms. The van der Waals surface area contributed by atoms with Crippen LogP contribution in [0, 0.1) is 5.92 Å². The molecule has 0 fully saturated rings. The van der Waals surface area contributed by atoms with Crippen LogP contribution in [-0.4, -0.2) is 19.1 Å². The maximum atomic E-state index is 11.8. The summed E-state index contributed by atoms with van der Waals surface area (Å²) < 4.78 is 5.69. The fraction of sp³-hybridized carbons (Fsp3) is 0.615. The molecule has 0 radical (unpaired) electrons. The highest BCUT2D eigenvalue weighted by Gasteiger charge is 2.24. The summed E-state index contributed by atoms with van der Waals surface area (Å²) >= 11 is 1.69. The lowest BCUT2D eigenvalue weighted by atomic mass is 10.1. The first-order valence-corrected chi connectivity index (χ1v) is 6.99. The van der Waals surface area contributed by atoms with Crippen LogP contribution in [0.4, 0.5) is 0 Å². The van der Waals surface area contributed by atoms with E-state index in [9.17, 15) is 4.79 Å². The van der Waals surface area contributed by atoms with Crippen molar-refractivity contribution in [3.63, 3.8) is 0 Å². The van der Waals surface area contributed by atoms with Crippen molar-refractivity contribution in [2.45, 2.75) is 32.8 Å². The van der Waals surface area contributed by atoms with E-state index in [1.54, 1.807) is 11.3 Å². The summed E-state index contributed by atoms with van der Waals surface area (Å²) in [7, 11) is 0. The summed E-state index contributed by atoms with van der Waals surface area (Å²) in [5, 5.41) is 5.02. The predicted octanol–water partition coefficient (Wildman–Crippen LogP) is 2.52. The minimum Gasteiger partial charge on any atom is -0.372 e. The first kappa shape index (κ1) is 12.6. The zero-order valence-electron chi connectivity index (χ0n) is 10.4. The highest BCUT2D eigenvalue weighted by Crippen LogP contribution is 2.33. The Morgan fingerprint density at radius 1 is 1.65 bits per heavy atom. The number of rotatable bonds is 4. The predicted molar refractivity (Wildman–Crippen MR) is 69.2 cm³/mol. The fourth-order valence-electron chi connectivity index (χ4n) is 1.93. The van der Waals surface area contributed by atoms with Crippen LogP contribution in [0.15, 0.2) is 11.4 Å².